The normalized spacial score (nSPS) is 11.7. The van der Waals surface area contributed by atoms with Crippen LogP contribution >= 0.6 is 20.8 Å². The first-order valence-corrected chi connectivity index (χ1v) is 29.1. The van der Waals surface area contributed by atoms with Crippen LogP contribution in [0.4, 0.5) is 0 Å². The van der Waals surface area contributed by atoms with E-state index in [0.717, 1.165) is 61.9 Å². The fraction of sp³-hybridized carbons (Fsp3) is 0.0455. The van der Waals surface area contributed by atoms with Crippen LogP contribution in [0.5, 0.6) is 0 Å². The Morgan fingerprint density at radius 1 is 0.453 bits per heavy atom. The number of aromatic nitrogens is 4. The Balaban J connectivity index is 0.000000137. The molecule has 13 aromatic rings. The van der Waals surface area contributed by atoms with E-state index in [4.69, 9.17) is 11.3 Å². The quantitative estimate of drug-likeness (QED) is 0.0692. The van der Waals surface area contributed by atoms with Gasteiger partial charge in [-0.15, -0.1) is 0 Å². The van der Waals surface area contributed by atoms with Gasteiger partial charge >= 0.3 is 134 Å². The second-order valence-electron chi connectivity index (χ2n) is 18.6. The van der Waals surface area contributed by atoms with Gasteiger partial charge in [-0.05, 0) is 40.6 Å². The minimum Gasteiger partial charge on any atom is -0.327 e. The van der Waals surface area contributed by atoms with Crippen LogP contribution in [0.2, 0.25) is 0 Å². The molecule has 0 bridgehead atoms. The monoisotopic (exact) mass is 1280 g/mol. The Morgan fingerprint density at radius 3 is 1.12 bits per heavy atom. The first kappa shape index (κ1) is 51.3. The maximum Gasteiger partial charge on any atom is 0.150 e. The predicted octanol–water partition coefficient (Wildman–Crippen LogP) is 15.4. The largest absolute Gasteiger partial charge is 0.327 e. The molecule has 0 aliphatic heterocycles. The molecule has 0 unspecified atom stereocenters. The smallest absolute Gasteiger partial charge is 0.150 e. The Morgan fingerprint density at radius 2 is 0.760 bits per heavy atom. The summed E-state index contributed by atoms with van der Waals surface area (Å²) < 4.78 is 9.62. The number of halogens is 1. The van der Waals surface area contributed by atoms with E-state index in [1.54, 1.807) is 0 Å². The molecule has 75 heavy (non-hydrogen) atoms. The Kier molecular flexibility index (Phi) is 15.0. The third kappa shape index (κ3) is 9.41. The third-order valence-corrected chi connectivity index (χ3v) is 22.5. The van der Waals surface area contributed by atoms with E-state index in [1.807, 2.05) is 48.5 Å². The summed E-state index contributed by atoms with van der Waals surface area (Å²) >= 11 is 4.24. The maximum absolute atomic E-state index is 11.3. The summed E-state index contributed by atoms with van der Waals surface area (Å²) in [5, 5.41) is 10.9. The van der Waals surface area contributed by atoms with Gasteiger partial charge in [0.1, 0.15) is 17.9 Å². The second-order valence-corrected chi connectivity index (χ2v) is 28.3. The fourth-order valence-electron chi connectivity index (χ4n) is 10.5. The molecule has 5 nitrogen and oxygen atoms in total. The van der Waals surface area contributed by atoms with Crippen LogP contribution in [0.1, 0.15) is 15.9 Å². The van der Waals surface area contributed by atoms with E-state index in [-0.39, 0.29) is 31.1 Å². The van der Waals surface area contributed by atoms with Crippen molar-refractivity contribution in [2.45, 2.75) is 0 Å². The predicted molar refractivity (Wildman–Crippen MR) is 325 cm³/mol. The van der Waals surface area contributed by atoms with Crippen LogP contribution in [0.3, 0.4) is 0 Å². The molecule has 0 saturated carbocycles. The average molecular weight is 1280 g/mol. The number of aryl methyl sites for hydroxylation is 2. The zero-order chi connectivity index (χ0) is 52.1. The molecule has 11 aromatic carbocycles. The van der Waals surface area contributed by atoms with E-state index in [9.17, 15) is 4.79 Å². The summed E-state index contributed by atoms with van der Waals surface area (Å²) in [6.07, 6.45) is 2.78. The standard InChI is InChI=1S/C24H18N2.C23H16N2O.C19H18BrP.BH.U/c1-3-16-13-14-19-18-11-7-8-12-20(18)23-22(21(19)15-16)25-24(26(23)2)17-9-5-4-6-10-17;1-25-22-19-10-6-5-9-17(19)18-12-11-15(14-26)13-20(18)21(22)24-23(25)16-7-3-2-4-8-16;1-21(20,17-11-5-2-6-12-17,18-13-7-3-8-14-18)19-15-9-4-10-16-19;;/h3-15H,1H2,2H3;2-14H,1H3;2-16H,1H3;1H;/i;;;1D;. The molecule has 9 heteroatoms. The maximum atomic E-state index is 11.3. The zero-order valence-electron chi connectivity index (χ0n) is 43.0. The van der Waals surface area contributed by atoms with Crippen LogP contribution in [0, 0.1) is 31.1 Å². The number of carbonyl (C=O) groups excluding carboxylic acids is 1. The number of benzene rings is 11. The first-order valence-electron chi connectivity index (χ1n) is 25.0. The van der Waals surface area contributed by atoms with E-state index >= 15 is 0 Å². The molecule has 0 fully saturated rings. The van der Waals surface area contributed by atoms with E-state index in [1.165, 1.54) is 53.7 Å². The van der Waals surface area contributed by atoms with Gasteiger partial charge in [0.05, 0.1) is 22.1 Å². The Labute approximate surface area is 473 Å². The van der Waals surface area contributed by atoms with Crippen LogP contribution in [0.15, 0.2) is 243 Å². The van der Waals surface area contributed by atoms with Gasteiger partial charge in [-0.1, -0.05) is 146 Å². The van der Waals surface area contributed by atoms with Crippen molar-refractivity contribution in [2.24, 2.45) is 14.1 Å². The van der Waals surface area contributed by atoms with Crippen molar-refractivity contribution in [1.82, 2.24) is 19.1 Å². The van der Waals surface area contributed by atoms with Crippen LogP contribution < -0.4 is 15.9 Å². The molecule has 13 rings (SSSR count). The molecule has 0 amide bonds. The van der Waals surface area contributed by atoms with Gasteiger partial charge in [0.25, 0.3) is 0 Å². The second kappa shape index (κ2) is 22.0. The van der Waals surface area contributed by atoms with Crippen molar-refractivity contribution < 1.29 is 35.9 Å². The molecule has 0 saturated heterocycles. The fourth-order valence-corrected chi connectivity index (χ4v) is 16.2. The summed E-state index contributed by atoms with van der Waals surface area (Å²) in [6, 6.07) is 82.2. The number of imidazole rings is 2. The minimum absolute atomic E-state index is 0. The van der Waals surface area contributed by atoms with Gasteiger partial charge in [-0.2, -0.15) is 0 Å². The summed E-state index contributed by atoms with van der Waals surface area (Å²) in [4.78, 5) is 21.4. The number of carbonyl (C=O) groups is 1. The molecule has 2 aromatic heterocycles. The van der Waals surface area contributed by atoms with Crippen molar-refractivity contribution in [3.8, 4) is 22.8 Å². The average Bonchev–Trinajstić information content (AvgIpc) is 4.04. The van der Waals surface area contributed by atoms with Crippen LogP contribution in [-0.2, 0) is 14.1 Å². The summed E-state index contributed by atoms with van der Waals surface area (Å²) in [5.41, 5.74) is 8.23. The summed E-state index contributed by atoms with van der Waals surface area (Å²) in [5.74, 6) is 1.91. The SMILES string of the molecule is C=Cc1ccc2c3ccccc3c3c(nc(-c4ccccc4)n3C)c2c1.CP(Br)(c1ccccc1)(c1ccccc1)c1ccccc1.Cn1c(-c2ccccc2)nc2c3cc(C=O)ccc3c3ccccc3c21.[2H][B].[U]. The minimum atomic E-state index is -2.56. The molecule has 0 aliphatic carbocycles. The van der Waals surface area contributed by atoms with Gasteiger partial charge in [0.2, 0.25) is 0 Å². The van der Waals surface area contributed by atoms with Crippen molar-refractivity contribution in [2.75, 3.05) is 6.66 Å². The van der Waals surface area contributed by atoms with Gasteiger partial charge in [0.15, 0.2) is 0 Å². The van der Waals surface area contributed by atoms with Crippen LogP contribution in [-0.4, -0.2) is 41.8 Å². The molecule has 2 heterocycles. The van der Waals surface area contributed by atoms with Crippen molar-refractivity contribution in [1.29, 1.82) is 1.34 Å². The van der Waals surface area contributed by atoms with Gasteiger partial charge < -0.3 is 9.13 Å². The van der Waals surface area contributed by atoms with Crippen LogP contribution in [0.25, 0.3) is 94.0 Å². The van der Waals surface area contributed by atoms with Crippen molar-refractivity contribution >= 4 is 123 Å². The molecule has 0 aliphatic rings. The molecule has 0 spiro atoms. The number of rotatable bonds is 7. The van der Waals surface area contributed by atoms with Gasteiger partial charge in [-0.3, -0.25) is 4.79 Å². The third-order valence-electron chi connectivity index (χ3n) is 14.3. The Bertz CT molecular complexity index is 3890. The van der Waals surface area contributed by atoms with Gasteiger partial charge in [0, 0.05) is 91.8 Å². The molecule has 0 N–H and O–H groups in total. The summed E-state index contributed by atoms with van der Waals surface area (Å²) in [6.45, 7) is 6.29. The zero-order valence-corrected chi connectivity index (χ0v) is 48.6. The van der Waals surface area contributed by atoms with E-state index in [2.05, 4.69) is 254 Å². The number of aldehydes is 1. The molecule has 0 atom stereocenters. The van der Waals surface area contributed by atoms with Crippen molar-refractivity contribution in [3.63, 3.8) is 0 Å². The Hall–Kier alpha value is -7.16. The topological polar surface area (TPSA) is 52.7 Å². The molecule has 362 valence electrons. The number of nitrogens with zero attached hydrogens (tertiary/aromatic N) is 4. The molecule has 2 radical (unpaired) electrons. The van der Waals surface area contributed by atoms with Crippen molar-refractivity contribution in [3.05, 3.63) is 254 Å². The van der Waals surface area contributed by atoms with E-state index < -0.39 is 5.31 Å². The summed E-state index contributed by atoms with van der Waals surface area (Å²) in [7, 11) is 7.91. The number of hydrogen-bond acceptors (Lipinski definition) is 3. The first-order chi connectivity index (χ1) is 36.7. The van der Waals surface area contributed by atoms with Gasteiger partial charge in [-0.25, -0.2) is 9.97 Å². The molecular weight excluding hydrogens is 1220 g/mol. The molecular formula is C66H53BBrN4OPU. The van der Waals surface area contributed by atoms with E-state index in [0.29, 0.717) is 5.56 Å². The number of hydrogen-bond donors (Lipinski definition) is 0. The number of fused-ring (bicyclic) bond motifs is 12.